The Kier molecular flexibility index (Phi) is 2.28. The molecule has 0 aliphatic carbocycles. The quantitative estimate of drug-likeness (QED) is 0.587. The highest BCUT2D eigenvalue weighted by Crippen LogP contribution is 2.32. The number of rotatable bonds is 1. The summed E-state index contributed by atoms with van der Waals surface area (Å²) >= 11 is 5.78. The molecule has 0 aliphatic rings. The fourth-order valence-corrected chi connectivity index (χ4v) is 1.65. The maximum Gasteiger partial charge on any atom is 0.375 e. The molecule has 82 valence electrons. The van der Waals surface area contributed by atoms with E-state index < -0.39 is 21.9 Å². The number of nitrogens with zero attached hydrogens (tertiary/aromatic N) is 1. The third kappa shape index (κ3) is 1.40. The number of nitrogens with one attached hydrogen (secondary N) is 1. The van der Waals surface area contributed by atoms with Gasteiger partial charge in [0.2, 0.25) is 5.75 Å². The summed E-state index contributed by atoms with van der Waals surface area (Å²) in [7, 11) is 0. The predicted octanol–water partition coefficient (Wildman–Crippen LogP) is 1.80. The normalized spacial score (nSPS) is 10.6. The van der Waals surface area contributed by atoms with Gasteiger partial charge in [-0.2, -0.15) is 0 Å². The van der Waals surface area contributed by atoms with Gasteiger partial charge in [-0.15, -0.1) is 0 Å². The monoisotopic (exact) mass is 240 g/mol. The zero-order valence-corrected chi connectivity index (χ0v) is 8.49. The number of nitro groups is 1. The molecule has 0 radical (unpaired) electrons. The summed E-state index contributed by atoms with van der Waals surface area (Å²) in [4.78, 5) is 23.2. The maximum absolute atomic E-state index is 11.3. The first kappa shape index (κ1) is 10.4. The van der Waals surface area contributed by atoms with E-state index in [4.69, 9.17) is 11.6 Å². The Morgan fingerprint density at radius 3 is 2.75 bits per heavy atom. The van der Waals surface area contributed by atoms with E-state index in [2.05, 4.69) is 4.98 Å². The fourth-order valence-electron chi connectivity index (χ4n) is 1.43. The van der Waals surface area contributed by atoms with Crippen LogP contribution in [0.25, 0.3) is 10.9 Å². The molecular formula is C9H5ClN2O4. The molecule has 0 saturated carbocycles. The number of pyridine rings is 1. The van der Waals surface area contributed by atoms with Crippen LogP contribution in [0.5, 0.6) is 5.75 Å². The van der Waals surface area contributed by atoms with Gasteiger partial charge in [0, 0.05) is 5.39 Å². The first-order valence-corrected chi connectivity index (χ1v) is 4.58. The number of hydrogen-bond donors (Lipinski definition) is 2. The third-order valence-electron chi connectivity index (χ3n) is 2.13. The van der Waals surface area contributed by atoms with Crippen molar-refractivity contribution in [2.24, 2.45) is 0 Å². The number of para-hydroxylation sites is 1. The van der Waals surface area contributed by atoms with Crippen LogP contribution in [0.3, 0.4) is 0 Å². The molecule has 0 atom stereocenters. The van der Waals surface area contributed by atoms with Gasteiger partial charge in [-0.1, -0.05) is 17.7 Å². The molecule has 2 rings (SSSR count). The Balaban J connectivity index is 3.01. The fraction of sp³-hybridized carbons (Fsp3) is 0. The summed E-state index contributed by atoms with van der Waals surface area (Å²) in [6.07, 6.45) is 0. The van der Waals surface area contributed by atoms with E-state index in [0.29, 0.717) is 0 Å². The van der Waals surface area contributed by atoms with Gasteiger partial charge in [0.25, 0.3) is 0 Å². The molecule has 0 spiro atoms. The van der Waals surface area contributed by atoms with Gasteiger partial charge in [-0.05, 0) is 12.1 Å². The number of halogens is 1. The summed E-state index contributed by atoms with van der Waals surface area (Å²) in [5.41, 5.74) is -1.69. The lowest BCUT2D eigenvalue weighted by Gasteiger charge is -2.02. The van der Waals surface area contributed by atoms with Crippen LogP contribution in [0, 0.1) is 10.1 Å². The minimum absolute atomic E-state index is 0.138. The van der Waals surface area contributed by atoms with Crippen molar-refractivity contribution in [3.63, 3.8) is 0 Å². The van der Waals surface area contributed by atoms with Crippen molar-refractivity contribution in [1.82, 2.24) is 4.98 Å². The van der Waals surface area contributed by atoms with E-state index >= 15 is 0 Å². The second kappa shape index (κ2) is 3.49. The van der Waals surface area contributed by atoms with Crippen molar-refractivity contribution in [2.45, 2.75) is 0 Å². The molecule has 1 aromatic carbocycles. The van der Waals surface area contributed by atoms with E-state index in [1.807, 2.05) is 0 Å². The lowest BCUT2D eigenvalue weighted by atomic mass is 10.2. The Hall–Kier alpha value is -2.08. The number of aromatic hydroxyl groups is 1. The van der Waals surface area contributed by atoms with Crippen LogP contribution >= 0.6 is 11.6 Å². The molecule has 16 heavy (non-hydrogen) atoms. The molecule has 0 unspecified atom stereocenters. The number of H-pyrrole nitrogens is 1. The molecule has 0 fully saturated rings. The first-order chi connectivity index (χ1) is 7.52. The largest absolute Gasteiger partial charge is 0.501 e. The molecule has 0 amide bonds. The smallest absolute Gasteiger partial charge is 0.375 e. The van der Waals surface area contributed by atoms with Crippen molar-refractivity contribution in [3.8, 4) is 5.75 Å². The molecule has 0 aliphatic heterocycles. The summed E-state index contributed by atoms with van der Waals surface area (Å²) in [6, 6.07) is 4.46. The molecule has 1 heterocycles. The van der Waals surface area contributed by atoms with Crippen LogP contribution in [-0.2, 0) is 0 Å². The molecule has 7 heteroatoms. The van der Waals surface area contributed by atoms with Crippen molar-refractivity contribution in [1.29, 1.82) is 0 Å². The van der Waals surface area contributed by atoms with E-state index in [-0.39, 0.29) is 15.9 Å². The molecule has 6 nitrogen and oxygen atoms in total. The minimum Gasteiger partial charge on any atom is -0.501 e. The Morgan fingerprint density at radius 2 is 2.12 bits per heavy atom. The van der Waals surface area contributed by atoms with Gasteiger partial charge < -0.3 is 10.1 Å². The third-order valence-corrected chi connectivity index (χ3v) is 2.44. The standard InChI is InChI=1S/C9H5ClN2O4/c10-5-3-1-2-4-6(5)11-9(14)7(8(4)13)12(15)16/h1-3H,(H2,11,13,14). The molecule has 1 aromatic heterocycles. The van der Waals surface area contributed by atoms with Gasteiger partial charge in [0.1, 0.15) is 0 Å². The zero-order chi connectivity index (χ0) is 11.9. The molecule has 0 saturated heterocycles. The van der Waals surface area contributed by atoms with Gasteiger partial charge in [0.15, 0.2) is 0 Å². The lowest BCUT2D eigenvalue weighted by molar-refractivity contribution is -0.387. The van der Waals surface area contributed by atoms with Crippen LogP contribution < -0.4 is 5.56 Å². The number of aromatic nitrogens is 1. The number of benzene rings is 1. The highest BCUT2D eigenvalue weighted by Gasteiger charge is 2.22. The van der Waals surface area contributed by atoms with Gasteiger partial charge in [-0.3, -0.25) is 14.9 Å². The van der Waals surface area contributed by atoms with Crippen LogP contribution in [0.4, 0.5) is 5.69 Å². The summed E-state index contributed by atoms with van der Waals surface area (Å²) in [5, 5.41) is 20.5. The average molecular weight is 241 g/mol. The molecule has 2 N–H and O–H groups in total. The Bertz CT molecular complexity index is 650. The van der Waals surface area contributed by atoms with E-state index in [0.717, 1.165) is 0 Å². The molecular weight excluding hydrogens is 236 g/mol. The van der Waals surface area contributed by atoms with Gasteiger partial charge in [0.05, 0.1) is 15.5 Å². The van der Waals surface area contributed by atoms with Crippen molar-refractivity contribution < 1.29 is 10.0 Å². The van der Waals surface area contributed by atoms with E-state index in [9.17, 15) is 20.0 Å². The first-order valence-electron chi connectivity index (χ1n) is 4.20. The number of aromatic amines is 1. The van der Waals surface area contributed by atoms with Crippen LogP contribution in [-0.4, -0.2) is 15.0 Å². The summed E-state index contributed by atoms with van der Waals surface area (Å²) < 4.78 is 0. The van der Waals surface area contributed by atoms with Crippen molar-refractivity contribution in [2.75, 3.05) is 0 Å². The van der Waals surface area contributed by atoms with Gasteiger partial charge >= 0.3 is 11.2 Å². The van der Waals surface area contributed by atoms with Crippen LogP contribution in [0.15, 0.2) is 23.0 Å². The van der Waals surface area contributed by atoms with Crippen LogP contribution in [0.1, 0.15) is 0 Å². The molecule has 0 bridgehead atoms. The minimum atomic E-state index is -0.983. The topological polar surface area (TPSA) is 96.2 Å². The number of hydrogen-bond acceptors (Lipinski definition) is 4. The van der Waals surface area contributed by atoms with E-state index in [1.54, 1.807) is 0 Å². The lowest BCUT2D eigenvalue weighted by Crippen LogP contribution is -2.11. The Labute approximate surface area is 93.2 Å². The number of fused-ring (bicyclic) bond motifs is 1. The second-order valence-electron chi connectivity index (χ2n) is 3.07. The van der Waals surface area contributed by atoms with Gasteiger partial charge in [-0.25, -0.2) is 0 Å². The highest BCUT2D eigenvalue weighted by atomic mass is 35.5. The Morgan fingerprint density at radius 1 is 1.44 bits per heavy atom. The second-order valence-corrected chi connectivity index (χ2v) is 3.48. The van der Waals surface area contributed by atoms with Crippen LogP contribution in [0.2, 0.25) is 5.02 Å². The van der Waals surface area contributed by atoms with Crippen molar-refractivity contribution in [3.05, 3.63) is 43.7 Å². The zero-order valence-electron chi connectivity index (χ0n) is 7.73. The molecule has 2 aromatic rings. The maximum atomic E-state index is 11.3. The SMILES string of the molecule is O=c1[nH]c2c(Cl)cccc2c(O)c1[N+](=O)[O-]. The van der Waals surface area contributed by atoms with E-state index in [1.165, 1.54) is 18.2 Å². The predicted molar refractivity (Wildman–Crippen MR) is 57.9 cm³/mol. The summed E-state index contributed by atoms with van der Waals surface area (Å²) in [6.45, 7) is 0. The average Bonchev–Trinajstić information content (AvgIpc) is 2.19. The van der Waals surface area contributed by atoms with Crippen molar-refractivity contribution >= 4 is 28.2 Å². The highest BCUT2D eigenvalue weighted by molar-refractivity contribution is 6.35. The summed E-state index contributed by atoms with van der Waals surface area (Å²) in [5.74, 6) is -0.675.